The standard InChI is InChI=1S/C17H25F3N2O3.ClH/c1-23-14-11-16(25-3)15(24-2)10-12(14)13(4-5-17(18,19)20)22-8-6-21-7-9-22;/h10-11,13,21H,4-9H2,1-3H3;1H/t13-;/m0./s1. The molecular formula is C17H26ClF3N2O3. The summed E-state index contributed by atoms with van der Waals surface area (Å²) in [6, 6.07) is 2.98. The van der Waals surface area contributed by atoms with Gasteiger partial charge >= 0.3 is 6.18 Å². The summed E-state index contributed by atoms with van der Waals surface area (Å²) < 4.78 is 54.5. The highest BCUT2D eigenvalue weighted by Crippen LogP contribution is 2.42. The second kappa shape index (κ2) is 10.1. The van der Waals surface area contributed by atoms with E-state index in [1.165, 1.54) is 21.3 Å². The van der Waals surface area contributed by atoms with E-state index in [1.54, 1.807) is 12.1 Å². The Morgan fingerprint density at radius 1 is 1.00 bits per heavy atom. The molecule has 5 nitrogen and oxygen atoms in total. The minimum atomic E-state index is -4.20. The van der Waals surface area contributed by atoms with Gasteiger partial charge in [-0.3, -0.25) is 4.90 Å². The molecule has 0 spiro atoms. The number of ether oxygens (including phenoxy) is 3. The van der Waals surface area contributed by atoms with Gasteiger partial charge in [0.15, 0.2) is 11.5 Å². The summed E-state index contributed by atoms with van der Waals surface area (Å²) in [5.41, 5.74) is 0.686. The number of rotatable bonds is 7. The molecule has 1 aromatic rings. The molecule has 9 heteroatoms. The Hall–Kier alpha value is -1.38. The summed E-state index contributed by atoms with van der Waals surface area (Å²) in [7, 11) is 4.52. The van der Waals surface area contributed by atoms with E-state index in [-0.39, 0.29) is 18.8 Å². The van der Waals surface area contributed by atoms with Crippen molar-refractivity contribution in [3.8, 4) is 17.2 Å². The number of piperazine rings is 1. The van der Waals surface area contributed by atoms with E-state index in [0.717, 1.165) is 13.1 Å². The molecule has 1 aliphatic rings. The SMILES string of the molecule is COc1cc(OC)c([C@H](CCC(F)(F)F)N2CCNCC2)cc1OC.Cl. The van der Waals surface area contributed by atoms with E-state index < -0.39 is 18.6 Å². The number of benzene rings is 1. The van der Waals surface area contributed by atoms with Crippen LogP contribution in [0.25, 0.3) is 0 Å². The molecule has 0 saturated carbocycles. The minimum Gasteiger partial charge on any atom is -0.496 e. The van der Waals surface area contributed by atoms with Crippen molar-refractivity contribution in [1.29, 1.82) is 0 Å². The normalized spacial score (nSPS) is 16.5. The monoisotopic (exact) mass is 398 g/mol. The molecule has 1 fully saturated rings. The van der Waals surface area contributed by atoms with Crippen LogP contribution in [-0.4, -0.2) is 58.6 Å². The Bertz CT molecular complexity index is 567. The lowest BCUT2D eigenvalue weighted by atomic mass is 9.97. The number of hydrogen-bond acceptors (Lipinski definition) is 5. The fourth-order valence-electron chi connectivity index (χ4n) is 3.14. The van der Waals surface area contributed by atoms with Crippen LogP contribution >= 0.6 is 12.4 Å². The first-order valence-electron chi connectivity index (χ1n) is 8.21. The third-order valence-electron chi connectivity index (χ3n) is 4.39. The van der Waals surface area contributed by atoms with Crippen LogP contribution in [0.4, 0.5) is 13.2 Å². The summed E-state index contributed by atoms with van der Waals surface area (Å²) in [5.74, 6) is 1.46. The first-order chi connectivity index (χ1) is 11.9. The Morgan fingerprint density at radius 2 is 1.54 bits per heavy atom. The molecule has 0 aliphatic carbocycles. The summed E-state index contributed by atoms with van der Waals surface area (Å²) >= 11 is 0. The van der Waals surface area contributed by atoms with Crippen LogP contribution in [0.15, 0.2) is 12.1 Å². The lowest BCUT2D eigenvalue weighted by Gasteiger charge is -2.36. The maximum Gasteiger partial charge on any atom is 0.389 e. The fourth-order valence-corrected chi connectivity index (χ4v) is 3.14. The summed E-state index contributed by atoms with van der Waals surface area (Å²) in [6.07, 6.45) is -5.08. The molecule has 1 saturated heterocycles. The van der Waals surface area contributed by atoms with Gasteiger partial charge in [-0.25, -0.2) is 0 Å². The lowest BCUT2D eigenvalue weighted by Crippen LogP contribution is -2.45. The molecule has 1 atom stereocenters. The smallest absolute Gasteiger partial charge is 0.389 e. The van der Waals surface area contributed by atoms with Gasteiger partial charge in [0.1, 0.15) is 5.75 Å². The van der Waals surface area contributed by atoms with Crippen LogP contribution in [0.1, 0.15) is 24.4 Å². The third-order valence-corrected chi connectivity index (χ3v) is 4.39. The molecule has 1 N–H and O–H groups in total. The van der Waals surface area contributed by atoms with E-state index in [2.05, 4.69) is 10.2 Å². The molecular weight excluding hydrogens is 373 g/mol. The van der Waals surface area contributed by atoms with Gasteiger partial charge in [0.05, 0.1) is 21.3 Å². The molecule has 0 amide bonds. The Kier molecular flexibility index (Phi) is 8.79. The summed E-state index contributed by atoms with van der Waals surface area (Å²) in [4.78, 5) is 2.06. The lowest BCUT2D eigenvalue weighted by molar-refractivity contribution is -0.138. The van der Waals surface area contributed by atoms with Crippen molar-refractivity contribution in [2.75, 3.05) is 47.5 Å². The van der Waals surface area contributed by atoms with Gasteiger partial charge in [0.25, 0.3) is 0 Å². The Morgan fingerprint density at radius 3 is 2.04 bits per heavy atom. The van der Waals surface area contributed by atoms with Crippen molar-refractivity contribution in [2.45, 2.75) is 25.1 Å². The molecule has 2 rings (SSSR count). The second-order valence-electron chi connectivity index (χ2n) is 5.90. The summed E-state index contributed by atoms with van der Waals surface area (Å²) in [5, 5.41) is 3.22. The van der Waals surface area contributed by atoms with E-state index in [4.69, 9.17) is 14.2 Å². The van der Waals surface area contributed by atoms with Gasteiger partial charge in [-0.1, -0.05) is 0 Å². The van der Waals surface area contributed by atoms with Crippen LogP contribution in [0.3, 0.4) is 0 Å². The molecule has 1 aliphatic heterocycles. The molecule has 0 unspecified atom stereocenters. The van der Waals surface area contributed by atoms with Crippen molar-refractivity contribution in [3.63, 3.8) is 0 Å². The quantitative estimate of drug-likeness (QED) is 0.762. The largest absolute Gasteiger partial charge is 0.496 e. The van der Waals surface area contributed by atoms with E-state index in [1.807, 2.05) is 0 Å². The van der Waals surface area contributed by atoms with Gasteiger partial charge in [-0.05, 0) is 12.5 Å². The topological polar surface area (TPSA) is 43.0 Å². The van der Waals surface area contributed by atoms with E-state index in [9.17, 15) is 13.2 Å². The first-order valence-corrected chi connectivity index (χ1v) is 8.21. The summed E-state index contributed by atoms with van der Waals surface area (Å²) in [6.45, 7) is 2.86. The van der Waals surface area contributed by atoms with Gasteiger partial charge in [0, 0.05) is 50.3 Å². The van der Waals surface area contributed by atoms with E-state index in [0.29, 0.717) is 35.9 Å². The number of halogens is 4. The maximum atomic E-state index is 12.8. The van der Waals surface area contributed by atoms with Crippen LogP contribution in [0.2, 0.25) is 0 Å². The predicted molar refractivity (Wildman–Crippen MR) is 95.8 cm³/mol. The molecule has 26 heavy (non-hydrogen) atoms. The van der Waals surface area contributed by atoms with E-state index >= 15 is 0 Å². The Labute approximate surface area is 158 Å². The highest BCUT2D eigenvalue weighted by atomic mass is 35.5. The molecule has 1 heterocycles. The zero-order valence-corrected chi connectivity index (χ0v) is 16.0. The Balaban J connectivity index is 0.00000338. The predicted octanol–water partition coefficient (Wildman–Crippen LogP) is 3.42. The van der Waals surface area contributed by atoms with Crippen LogP contribution in [0, 0.1) is 0 Å². The molecule has 0 radical (unpaired) electrons. The average molecular weight is 399 g/mol. The van der Waals surface area contributed by atoms with Crippen LogP contribution in [-0.2, 0) is 0 Å². The average Bonchev–Trinajstić information content (AvgIpc) is 2.61. The van der Waals surface area contributed by atoms with Gasteiger partial charge in [-0.15, -0.1) is 12.4 Å². The van der Waals surface area contributed by atoms with Crippen molar-refractivity contribution in [1.82, 2.24) is 10.2 Å². The molecule has 150 valence electrons. The number of nitrogens with zero attached hydrogens (tertiary/aromatic N) is 1. The molecule has 0 aromatic heterocycles. The number of hydrogen-bond donors (Lipinski definition) is 1. The molecule has 0 bridgehead atoms. The van der Waals surface area contributed by atoms with Gasteiger partial charge in [-0.2, -0.15) is 13.2 Å². The van der Waals surface area contributed by atoms with Gasteiger partial charge < -0.3 is 19.5 Å². The number of alkyl halides is 3. The second-order valence-corrected chi connectivity index (χ2v) is 5.90. The zero-order chi connectivity index (χ0) is 18.4. The van der Waals surface area contributed by atoms with Crippen molar-refractivity contribution < 1.29 is 27.4 Å². The zero-order valence-electron chi connectivity index (χ0n) is 15.2. The fraction of sp³-hybridized carbons (Fsp3) is 0.647. The maximum absolute atomic E-state index is 12.8. The highest BCUT2D eigenvalue weighted by molar-refractivity contribution is 5.85. The molecule has 1 aromatic carbocycles. The number of methoxy groups -OCH3 is 3. The van der Waals surface area contributed by atoms with Crippen molar-refractivity contribution >= 4 is 12.4 Å². The third kappa shape index (κ3) is 5.82. The van der Waals surface area contributed by atoms with Crippen LogP contribution < -0.4 is 19.5 Å². The van der Waals surface area contributed by atoms with Gasteiger partial charge in [0.2, 0.25) is 0 Å². The first kappa shape index (κ1) is 22.7. The minimum absolute atomic E-state index is 0. The van der Waals surface area contributed by atoms with Crippen LogP contribution in [0.5, 0.6) is 17.2 Å². The number of nitrogens with one attached hydrogen (secondary N) is 1. The van der Waals surface area contributed by atoms with Crippen molar-refractivity contribution in [3.05, 3.63) is 17.7 Å². The highest BCUT2D eigenvalue weighted by Gasteiger charge is 2.33. The van der Waals surface area contributed by atoms with Crippen molar-refractivity contribution in [2.24, 2.45) is 0 Å².